The number of alkyl halides is 1. The molecule has 1 heterocycles. The summed E-state index contributed by atoms with van der Waals surface area (Å²) in [6, 6.07) is 0. The maximum atomic E-state index is 9.06. The first-order valence-corrected chi connectivity index (χ1v) is 3.85. The van der Waals surface area contributed by atoms with Crippen LogP contribution in [0.15, 0.2) is 0 Å². The van der Waals surface area contributed by atoms with E-state index in [1.807, 2.05) is 0 Å². The van der Waals surface area contributed by atoms with Gasteiger partial charge in [-0.25, -0.2) is 0 Å². The van der Waals surface area contributed by atoms with Crippen molar-refractivity contribution in [3.05, 3.63) is 0 Å². The lowest BCUT2D eigenvalue weighted by Crippen LogP contribution is -2.32. The van der Waals surface area contributed by atoms with Crippen molar-refractivity contribution in [2.75, 3.05) is 6.61 Å². The van der Waals surface area contributed by atoms with Gasteiger partial charge in [0.2, 0.25) is 0 Å². The molecule has 1 aliphatic heterocycles. The fraction of sp³-hybridized carbons (Fsp3) is 1.00. The van der Waals surface area contributed by atoms with E-state index in [4.69, 9.17) is 20.1 Å². The minimum Gasteiger partial charge on any atom is -0.394 e. The summed E-state index contributed by atoms with van der Waals surface area (Å²) < 4.78 is 4.90. The average molecular weight is 213 g/mol. The van der Waals surface area contributed by atoms with Crippen LogP contribution < -0.4 is 0 Å². The molecule has 0 saturated carbocycles. The monoisotopic (exact) mass is 212 g/mol. The minimum atomic E-state index is -0.991. The normalized spacial score (nSPS) is 48.0. The zero-order valence-corrected chi connectivity index (χ0v) is 6.73. The van der Waals surface area contributed by atoms with Gasteiger partial charge in [0, 0.05) is 0 Å². The molecule has 5 heteroatoms. The maximum absolute atomic E-state index is 9.06. The van der Waals surface area contributed by atoms with Gasteiger partial charge in [0.15, 0.2) is 0 Å². The Morgan fingerprint density at radius 3 is 2.10 bits per heavy atom. The first kappa shape index (κ1) is 8.42. The van der Waals surface area contributed by atoms with Crippen LogP contribution in [0, 0.1) is 0 Å². The maximum Gasteiger partial charge on any atom is 0.141 e. The largest absolute Gasteiger partial charge is 0.394 e. The summed E-state index contributed by atoms with van der Waals surface area (Å²) in [4.78, 5) is 0. The smallest absolute Gasteiger partial charge is 0.141 e. The van der Waals surface area contributed by atoms with E-state index in [0.717, 1.165) is 0 Å². The Hall–Kier alpha value is 0.320. The zero-order valence-electron chi connectivity index (χ0n) is 5.14. The first-order valence-electron chi connectivity index (χ1n) is 2.93. The highest BCUT2D eigenvalue weighted by Crippen LogP contribution is 2.24. The molecular weight excluding hydrogens is 204 g/mol. The van der Waals surface area contributed by atoms with Gasteiger partial charge in [-0.2, -0.15) is 0 Å². The molecule has 0 bridgehead atoms. The van der Waals surface area contributed by atoms with Gasteiger partial charge in [-0.3, -0.25) is 0 Å². The molecule has 0 aliphatic carbocycles. The van der Waals surface area contributed by atoms with Gasteiger partial charge in [0.1, 0.15) is 23.3 Å². The van der Waals surface area contributed by atoms with E-state index in [1.165, 1.54) is 0 Å². The van der Waals surface area contributed by atoms with Crippen LogP contribution in [-0.4, -0.2) is 45.3 Å². The highest BCUT2D eigenvalue weighted by atomic mass is 79.9. The van der Waals surface area contributed by atoms with Gasteiger partial charge in [-0.05, 0) is 0 Å². The second kappa shape index (κ2) is 3.15. The highest BCUT2D eigenvalue weighted by Gasteiger charge is 2.40. The topological polar surface area (TPSA) is 69.9 Å². The number of hydrogen-bond donors (Lipinski definition) is 3. The van der Waals surface area contributed by atoms with Gasteiger partial charge in [-0.15, -0.1) is 0 Å². The van der Waals surface area contributed by atoms with E-state index in [-0.39, 0.29) is 6.61 Å². The van der Waals surface area contributed by atoms with Crippen LogP contribution in [-0.2, 0) is 4.74 Å². The number of hydrogen-bond acceptors (Lipinski definition) is 4. The van der Waals surface area contributed by atoms with E-state index in [0.29, 0.717) is 0 Å². The molecule has 3 N–H and O–H groups in total. The third-order valence-electron chi connectivity index (χ3n) is 1.48. The Bertz CT molecular complexity index is 120. The fourth-order valence-electron chi connectivity index (χ4n) is 0.854. The molecule has 0 aromatic rings. The van der Waals surface area contributed by atoms with Crippen molar-refractivity contribution in [1.82, 2.24) is 0 Å². The van der Waals surface area contributed by atoms with Gasteiger partial charge in [0.25, 0.3) is 0 Å². The van der Waals surface area contributed by atoms with E-state index < -0.39 is 23.3 Å². The zero-order chi connectivity index (χ0) is 7.72. The Morgan fingerprint density at radius 2 is 1.90 bits per heavy atom. The third kappa shape index (κ3) is 1.33. The van der Waals surface area contributed by atoms with Crippen molar-refractivity contribution in [2.45, 2.75) is 23.3 Å². The summed E-state index contributed by atoms with van der Waals surface area (Å²) >= 11 is 2.98. The Balaban J connectivity index is 2.53. The van der Waals surface area contributed by atoms with Crippen molar-refractivity contribution in [3.8, 4) is 0 Å². The van der Waals surface area contributed by atoms with Gasteiger partial charge in [-0.1, -0.05) is 15.9 Å². The molecule has 1 saturated heterocycles. The summed E-state index contributed by atoms with van der Waals surface area (Å²) in [6.45, 7) is -0.277. The molecule has 0 radical (unpaired) electrons. The number of aliphatic hydroxyl groups is 3. The quantitative estimate of drug-likeness (QED) is 0.479. The van der Waals surface area contributed by atoms with Gasteiger partial charge in [0.05, 0.1) is 6.61 Å². The number of aliphatic hydroxyl groups excluding tert-OH is 3. The molecule has 0 amide bonds. The molecule has 60 valence electrons. The van der Waals surface area contributed by atoms with Crippen LogP contribution in [0.5, 0.6) is 0 Å². The molecule has 0 spiro atoms. The van der Waals surface area contributed by atoms with E-state index in [9.17, 15) is 0 Å². The Labute approximate surface area is 66.6 Å². The van der Waals surface area contributed by atoms with Crippen LogP contribution in [0.1, 0.15) is 0 Å². The molecule has 1 rings (SSSR count). The number of halogens is 1. The summed E-state index contributed by atoms with van der Waals surface area (Å²) in [5.74, 6) is 0. The van der Waals surface area contributed by atoms with Crippen LogP contribution >= 0.6 is 15.9 Å². The standard InChI is InChI=1S/C5H9BrO4/c6-5-4(9)3(8)2(1-7)10-5/h2-5,7-9H,1H2/t2-,3-,4+,5+/m1/s1. The predicted octanol–water partition coefficient (Wildman–Crippen LogP) is -1.18. The van der Waals surface area contributed by atoms with Crippen molar-refractivity contribution >= 4 is 15.9 Å². The fourth-order valence-corrected chi connectivity index (χ4v) is 1.44. The molecule has 1 fully saturated rings. The predicted molar refractivity (Wildman–Crippen MR) is 36.7 cm³/mol. The first-order chi connectivity index (χ1) is 4.66. The second-order valence-electron chi connectivity index (χ2n) is 2.19. The Kier molecular flexibility index (Phi) is 2.65. The lowest BCUT2D eigenvalue weighted by molar-refractivity contribution is -0.00760. The molecule has 0 unspecified atom stereocenters. The summed E-state index contributed by atoms with van der Waals surface area (Å²) in [5.41, 5.74) is 0. The second-order valence-corrected chi connectivity index (χ2v) is 3.09. The number of ether oxygens (including phenoxy) is 1. The molecule has 0 aromatic carbocycles. The van der Waals surface area contributed by atoms with Crippen molar-refractivity contribution in [1.29, 1.82) is 0 Å². The molecule has 4 nitrogen and oxygen atoms in total. The summed E-state index contributed by atoms with van der Waals surface area (Å²) in [5, 5.41) is 26.1. The Morgan fingerprint density at radius 1 is 1.30 bits per heavy atom. The van der Waals surface area contributed by atoms with Crippen LogP contribution in [0.3, 0.4) is 0 Å². The van der Waals surface area contributed by atoms with Crippen LogP contribution in [0.25, 0.3) is 0 Å². The molecule has 1 aliphatic rings. The average Bonchev–Trinajstić information content (AvgIpc) is 2.17. The summed E-state index contributed by atoms with van der Waals surface area (Å²) in [7, 11) is 0. The lowest BCUT2D eigenvalue weighted by Gasteiger charge is -2.09. The van der Waals surface area contributed by atoms with E-state index in [2.05, 4.69) is 15.9 Å². The summed E-state index contributed by atoms with van der Waals surface area (Å²) in [6.07, 6.45) is -2.61. The van der Waals surface area contributed by atoms with Crippen molar-refractivity contribution in [3.63, 3.8) is 0 Å². The van der Waals surface area contributed by atoms with Gasteiger partial charge >= 0.3 is 0 Å². The molecular formula is C5H9BrO4. The lowest BCUT2D eigenvalue weighted by atomic mass is 10.2. The van der Waals surface area contributed by atoms with Crippen molar-refractivity contribution < 1.29 is 20.1 Å². The van der Waals surface area contributed by atoms with E-state index >= 15 is 0 Å². The molecule has 0 aromatic heterocycles. The van der Waals surface area contributed by atoms with Crippen LogP contribution in [0.4, 0.5) is 0 Å². The number of rotatable bonds is 1. The molecule has 10 heavy (non-hydrogen) atoms. The SMILES string of the molecule is OC[C@H]1O[C@H](Br)[C@@H](O)[C@@H]1O. The highest BCUT2D eigenvalue weighted by molar-refractivity contribution is 9.09. The van der Waals surface area contributed by atoms with Gasteiger partial charge < -0.3 is 20.1 Å². The minimum absolute atomic E-state index is 0.277. The van der Waals surface area contributed by atoms with Crippen molar-refractivity contribution in [2.24, 2.45) is 0 Å². The van der Waals surface area contributed by atoms with Crippen LogP contribution in [0.2, 0.25) is 0 Å². The third-order valence-corrected chi connectivity index (χ3v) is 2.24. The molecule has 4 atom stereocenters. The van der Waals surface area contributed by atoms with E-state index in [1.54, 1.807) is 0 Å².